The van der Waals surface area contributed by atoms with Crippen molar-refractivity contribution < 1.29 is 4.79 Å². The molecule has 20 heavy (non-hydrogen) atoms. The molecule has 1 fully saturated rings. The maximum Gasteiger partial charge on any atom is 0.251 e. The molecular weight excluding hydrogens is 254 g/mol. The Hall–Kier alpha value is -1.50. The highest BCUT2D eigenvalue weighted by atomic mass is 16.1. The summed E-state index contributed by atoms with van der Waals surface area (Å²) in [6, 6.07) is 3.81. The Labute approximate surface area is 120 Å². The smallest absolute Gasteiger partial charge is 0.251 e. The number of pyridine rings is 1. The predicted molar refractivity (Wildman–Crippen MR) is 78.4 cm³/mol. The normalized spacial score (nSPS) is 20.9. The van der Waals surface area contributed by atoms with Crippen LogP contribution in [0.25, 0.3) is 0 Å². The van der Waals surface area contributed by atoms with Crippen molar-refractivity contribution in [3.05, 3.63) is 29.6 Å². The zero-order valence-electron chi connectivity index (χ0n) is 12.2. The zero-order chi connectivity index (χ0) is 14.5. The van der Waals surface area contributed by atoms with Crippen molar-refractivity contribution in [1.82, 2.24) is 20.1 Å². The minimum atomic E-state index is -0.0660. The first-order chi connectivity index (χ1) is 9.60. The lowest BCUT2D eigenvalue weighted by Crippen LogP contribution is -2.54. The maximum absolute atomic E-state index is 12.1. The Kier molecular flexibility index (Phi) is 5.05. The third-order valence-electron chi connectivity index (χ3n) is 3.77. The molecule has 3 N–H and O–H groups in total. The van der Waals surface area contributed by atoms with E-state index in [1.54, 1.807) is 18.3 Å². The molecule has 1 unspecified atom stereocenters. The quantitative estimate of drug-likeness (QED) is 0.777. The minimum absolute atomic E-state index is 0.0660. The van der Waals surface area contributed by atoms with E-state index >= 15 is 0 Å². The molecule has 1 amide bonds. The number of nitrogens with zero attached hydrogens (tertiary/aromatic N) is 3. The maximum atomic E-state index is 12.1. The molecule has 1 aromatic rings. The first-order valence-electron chi connectivity index (χ1n) is 6.92. The molecule has 1 atom stereocenters. The van der Waals surface area contributed by atoms with Gasteiger partial charge in [-0.3, -0.25) is 14.7 Å². The van der Waals surface area contributed by atoms with E-state index in [1.807, 2.05) is 0 Å². The van der Waals surface area contributed by atoms with Gasteiger partial charge >= 0.3 is 0 Å². The number of nitrogens with two attached hydrogens (primary N) is 1. The number of hydrogen-bond acceptors (Lipinski definition) is 5. The van der Waals surface area contributed by atoms with E-state index in [9.17, 15) is 4.79 Å². The van der Waals surface area contributed by atoms with Crippen LogP contribution in [0.4, 0.5) is 0 Å². The highest BCUT2D eigenvalue weighted by Gasteiger charge is 2.22. The third kappa shape index (κ3) is 3.75. The van der Waals surface area contributed by atoms with Gasteiger partial charge in [-0.1, -0.05) is 0 Å². The molecule has 1 aliphatic rings. The van der Waals surface area contributed by atoms with Crippen molar-refractivity contribution in [3.8, 4) is 0 Å². The second kappa shape index (κ2) is 6.78. The lowest BCUT2D eigenvalue weighted by Gasteiger charge is -2.37. The number of nitrogens with one attached hydrogen (secondary N) is 1. The van der Waals surface area contributed by atoms with Crippen LogP contribution >= 0.6 is 0 Å². The molecule has 1 saturated heterocycles. The van der Waals surface area contributed by atoms with Gasteiger partial charge in [-0.25, -0.2) is 0 Å². The Bertz CT molecular complexity index is 465. The molecule has 0 aliphatic carbocycles. The number of rotatable bonds is 4. The third-order valence-corrected chi connectivity index (χ3v) is 3.77. The Morgan fingerprint density at radius 1 is 1.50 bits per heavy atom. The first kappa shape index (κ1) is 14.9. The molecule has 0 spiro atoms. The molecule has 110 valence electrons. The van der Waals surface area contributed by atoms with E-state index in [-0.39, 0.29) is 5.91 Å². The Morgan fingerprint density at radius 2 is 2.30 bits per heavy atom. The van der Waals surface area contributed by atoms with Crippen LogP contribution in [-0.4, -0.2) is 67.0 Å². The average molecular weight is 277 g/mol. The predicted octanol–water partition coefficient (Wildman–Crippen LogP) is -0.484. The van der Waals surface area contributed by atoms with Crippen LogP contribution in [0, 0.1) is 0 Å². The standard InChI is InChI=1S/C14H23N5O/c1-18-5-6-19(2)13(10-18)9-17-14(20)11-3-4-16-12(7-11)8-15/h3-4,7,13H,5-6,8-10,15H2,1-2H3,(H,17,20). The van der Waals surface area contributed by atoms with Crippen LogP contribution in [0.3, 0.4) is 0 Å². The Balaban J connectivity index is 1.91. The number of carbonyl (C=O) groups excluding carboxylic acids is 1. The summed E-state index contributed by atoms with van der Waals surface area (Å²) in [4.78, 5) is 20.8. The fourth-order valence-electron chi connectivity index (χ4n) is 2.37. The van der Waals surface area contributed by atoms with Gasteiger partial charge < -0.3 is 16.0 Å². The number of piperazine rings is 1. The van der Waals surface area contributed by atoms with Crippen molar-refractivity contribution in [1.29, 1.82) is 0 Å². The van der Waals surface area contributed by atoms with Crippen molar-refractivity contribution in [2.75, 3.05) is 40.3 Å². The van der Waals surface area contributed by atoms with Gasteiger partial charge in [0.25, 0.3) is 5.91 Å². The monoisotopic (exact) mass is 277 g/mol. The number of likely N-dealkylation sites (N-methyl/N-ethyl adjacent to an activating group) is 2. The van der Waals surface area contributed by atoms with Crippen LogP contribution in [-0.2, 0) is 6.54 Å². The molecule has 0 radical (unpaired) electrons. The van der Waals surface area contributed by atoms with Crippen LogP contribution in [0.5, 0.6) is 0 Å². The number of aromatic nitrogens is 1. The van der Waals surface area contributed by atoms with Crippen LogP contribution in [0.1, 0.15) is 16.1 Å². The number of hydrogen-bond donors (Lipinski definition) is 2. The molecule has 0 bridgehead atoms. The van der Waals surface area contributed by atoms with E-state index < -0.39 is 0 Å². The van der Waals surface area contributed by atoms with Gasteiger partial charge in [0.2, 0.25) is 0 Å². The van der Waals surface area contributed by atoms with Crippen LogP contribution < -0.4 is 11.1 Å². The van der Waals surface area contributed by atoms with Crippen molar-refractivity contribution in [3.63, 3.8) is 0 Å². The fraction of sp³-hybridized carbons (Fsp3) is 0.571. The summed E-state index contributed by atoms with van der Waals surface area (Å²) < 4.78 is 0. The molecular formula is C14H23N5O. The van der Waals surface area contributed by atoms with E-state index in [1.165, 1.54) is 0 Å². The summed E-state index contributed by atoms with van der Waals surface area (Å²) in [6.45, 7) is 4.08. The number of carbonyl (C=O) groups is 1. The number of amides is 1. The highest BCUT2D eigenvalue weighted by Crippen LogP contribution is 2.06. The van der Waals surface area contributed by atoms with Gasteiger partial charge in [-0.05, 0) is 26.2 Å². The van der Waals surface area contributed by atoms with Crippen LogP contribution in [0.15, 0.2) is 18.3 Å². The summed E-state index contributed by atoms with van der Waals surface area (Å²) in [5.41, 5.74) is 6.88. The topological polar surface area (TPSA) is 74.5 Å². The summed E-state index contributed by atoms with van der Waals surface area (Å²) >= 11 is 0. The van der Waals surface area contributed by atoms with Crippen molar-refractivity contribution in [2.45, 2.75) is 12.6 Å². The molecule has 6 nitrogen and oxygen atoms in total. The summed E-state index contributed by atoms with van der Waals surface area (Å²) in [7, 11) is 4.21. The second-order valence-corrected chi connectivity index (χ2v) is 5.35. The Morgan fingerprint density at radius 3 is 3.05 bits per heavy atom. The minimum Gasteiger partial charge on any atom is -0.350 e. The molecule has 0 saturated carbocycles. The van der Waals surface area contributed by atoms with Crippen molar-refractivity contribution in [2.24, 2.45) is 5.73 Å². The summed E-state index contributed by atoms with van der Waals surface area (Å²) in [6.07, 6.45) is 1.62. The SMILES string of the molecule is CN1CCN(C)C(CNC(=O)c2ccnc(CN)c2)C1. The van der Waals surface area contributed by atoms with Crippen LogP contribution in [0.2, 0.25) is 0 Å². The van der Waals surface area contributed by atoms with Gasteiger partial charge in [0.1, 0.15) is 0 Å². The average Bonchev–Trinajstić information content (AvgIpc) is 2.48. The van der Waals surface area contributed by atoms with Gasteiger partial charge in [0.15, 0.2) is 0 Å². The summed E-state index contributed by atoms with van der Waals surface area (Å²) in [5.74, 6) is -0.0660. The molecule has 1 aliphatic heterocycles. The molecule has 6 heteroatoms. The summed E-state index contributed by atoms with van der Waals surface area (Å²) in [5, 5.41) is 3.00. The van der Waals surface area contributed by atoms with Gasteiger partial charge in [-0.2, -0.15) is 0 Å². The van der Waals surface area contributed by atoms with Crippen molar-refractivity contribution >= 4 is 5.91 Å². The largest absolute Gasteiger partial charge is 0.350 e. The second-order valence-electron chi connectivity index (χ2n) is 5.35. The lowest BCUT2D eigenvalue weighted by atomic mass is 10.1. The van der Waals surface area contributed by atoms with E-state index in [2.05, 4.69) is 34.2 Å². The molecule has 1 aromatic heterocycles. The zero-order valence-corrected chi connectivity index (χ0v) is 12.2. The first-order valence-corrected chi connectivity index (χ1v) is 6.92. The van der Waals surface area contributed by atoms with Gasteiger partial charge in [-0.15, -0.1) is 0 Å². The fourth-order valence-corrected chi connectivity index (χ4v) is 2.37. The van der Waals surface area contributed by atoms with E-state index in [4.69, 9.17) is 5.73 Å². The van der Waals surface area contributed by atoms with Gasteiger partial charge in [0, 0.05) is 50.5 Å². The van der Waals surface area contributed by atoms with E-state index in [0.29, 0.717) is 24.7 Å². The lowest BCUT2D eigenvalue weighted by molar-refractivity contribution is 0.0881. The highest BCUT2D eigenvalue weighted by molar-refractivity contribution is 5.94. The molecule has 2 rings (SSSR count). The molecule has 2 heterocycles. The van der Waals surface area contributed by atoms with E-state index in [0.717, 1.165) is 25.3 Å². The molecule has 0 aromatic carbocycles. The van der Waals surface area contributed by atoms with Gasteiger partial charge in [0.05, 0.1) is 5.69 Å².